The van der Waals surface area contributed by atoms with Gasteiger partial charge in [-0.05, 0) is 85.3 Å². The van der Waals surface area contributed by atoms with Crippen molar-refractivity contribution in [3.05, 3.63) is 163 Å². The Morgan fingerprint density at radius 2 is 1.12 bits per heavy atom. The largest absolute Gasteiger partial charge is 0.488 e. The lowest BCUT2D eigenvalue weighted by Gasteiger charge is -2.20. The van der Waals surface area contributed by atoms with Gasteiger partial charge in [-0.15, -0.1) is 0 Å². The average molecular weight is 961 g/mol. The van der Waals surface area contributed by atoms with E-state index in [0.29, 0.717) is 50.6 Å². The number of benzene rings is 4. The molecule has 6 aromatic rings. The number of halogens is 2. The van der Waals surface area contributed by atoms with E-state index in [0.717, 1.165) is 33.4 Å². The molecule has 354 valence electrons. The number of aliphatic carboxylic acids is 1. The number of rotatable bonds is 19. The van der Waals surface area contributed by atoms with Gasteiger partial charge < -0.3 is 29.2 Å². The Morgan fingerprint density at radius 1 is 0.662 bits per heavy atom. The molecule has 0 spiro atoms. The molecule has 2 unspecified atom stereocenters. The number of carbonyl (C=O) groups excluding carboxylic acids is 1. The third-order valence-electron chi connectivity index (χ3n) is 10.4. The Balaban J connectivity index is 0.00000245. The number of nitriles is 2. The van der Waals surface area contributed by atoms with Gasteiger partial charge in [0.2, 0.25) is 0 Å². The third-order valence-corrected chi connectivity index (χ3v) is 11.0. The van der Waals surface area contributed by atoms with Crippen molar-refractivity contribution in [2.24, 2.45) is 0 Å². The predicted molar refractivity (Wildman–Crippen MR) is 262 cm³/mol. The van der Waals surface area contributed by atoms with Crippen LogP contribution in [0.5, 0.6) is 23.0 Å². The number of carbonyl (C=O) groups is 2. The SMILES string of the molecule is CC.CC.CC(=O)c1cc(Cl)c(OCc2cccc(-c3cccc(COc4cc(OCc5cncc(C#N)c5)c(CNC(C(=O)O)C(C)O)cc4Cl)c3C)c2C)cc1OCc1cncc(C#N)c1. The van der Waals surface area contributed by atoms with E-state index in [4.69, 9.17) is 42.1 Å². The fourth-order valence-corrected chi connectivity index (χ4v) is 7.29. The molecule has 68 heavy (non-hydrogen) atoms. The van der Waals surface area contributed by atoms with E-state index in [9.17, 15) is 30.3 Å². The van der Waals surface area contributed by atoms with Crippen molar-refractivity contribution in [1.82, 2.24) is 15.3 Å². The molecular formula is C53H55Cl2N5O8. The Labute approximate surface area is 407 Å². The maximum absolute atomic E-state index is 12.5. The average Bonchev–Trinajstić information content (AvgIpc) is 3.34. The van der Waals surface area contributed by atoms with E-state index < -0.39 is 18.1 Å². The van der Waals surface area contributed by atoms with Crippen molar-refractivity contribution >= 4 is 35.0 Å². The number of nitrogens with one attached hydrogen (secondary N) is 1. The Bertz CT molecular complexity index is 2790. The van der Waals surface area contributed by atoms with Gasteiger partial charge in [-0.3, -0.25) is 24.9 Å². The second kappa shape index (κ2) is 26.4. The maximum Gasteiger partial charge on any atom is 0.323 e. The lowest BCUT2D eigenvalue weighted by molar-refractivity contribution is -0.142. The minimum absolute atomic E-state index is 0.00537. The molecule has 0 fully saturated rings. The van der Waals surface area contributed by atoms with E-state index in [1.165, 1.54) is 32.3 Å². The van der Waals surface area contributed by atoms with E-state index in [1.54, 1.807) is 42.7 Å². The van der Waals surface area contributed by atoms with Crippen molar-refractivity contribution in [2.45, 2.75) is 101 Å². The Morgan fingerprint density at radius 3 is 1.57 bits per heavy atom. The zero-order valence-corrected chi connectivity index (χ0v) is 40.8. The molecule has 0 saturated heterocycles. The molecule has 2 atom stereocenters. The Kier molecular flexibility index (Phi) is 20.8. The van der Waals surface area contributed by atoms with Crippen LogP contribution >= 0.6 is 23.2 Å². The summed E-state index contributed by atoms with van der Waals surface area (Å²) in [6, 6.07) is 24.5. The number of aliphatic hydroxyl groups excluding tert-OH is 1. The number of hydrogen-bond acceptors (Lipinski definition) is 12. The normalized spacial score (nSPS) is 11.2. The molecule has 6 rings (SSSR count). The standard InChI is InChI=1S/C49H43Cl2N5O8.2C2H6/c1-28-36(26-63-46-15-44(61-24-34-11-32(17-52)19-54-21-34)38(13-42(46)50)23-56-48(31(4)58)49(59)60)7-5-9-39(28)40-10-6-8-37(29(40)2)27-64-47-16-45(41(30(3)57)14-43(47)51)62-25-35-12-33(18-53)20-55-22-35;2*1-2/h5-16,19-22,31,48,56,58H,23-27H2,1-4H3,(H,59,60);2*1-2H3. The number of nitrogens with zero attached hydrogens (tertiary/aromatic N) is 4. The van der Waals surface area contributed by atoms with Crippen LogP contribution in [0.2, 0.25) is 10.0 Å². The molecule has 3 N–H and O–H groups in total. The zero-order chi connectivity index (χ0) is 49.9. The van der Waals surface area contributed by atoms with Crippen LogP contribution in [0.25, 0.3) is 11.1 Å². The molecule has 15 heteroatoms. The van der Waals surface area contributed by atoms with Crippen molar-refractivity contribution in [2.75, 3.05) is 0 Å². The van der Waals surface area contributed by atoms with Crippen LogP contribution in [0.1, 0.15) is 102 Å². The molecule has 0 aliphatic carbocycles. The highest BCUT2D eigenvalue weighted by molar-refractivity contribution is 6.32. The van der Waals surface area contributed by atoms with Crippen LogP contribution in [-0.4, -0.2) is 44.1 Å². The van der Waals surface area contributed by atoms with Crippen molar-refractivity contribution in [3.63, 3.8) is 0 Å². The molecule has 0 bridgehead atoms. The van der Waals surface area contributed by atoms with Gasteiger partial charge in [0.1, 0.15) is 67.6 Å². The van der Waals surface area contributed by atoms with Crippen molar-refractivity contribution in [1.29, 1.82) is 10.5 Å². The van der Waals surface area contributed by atoms with Gasteiger partial charge in [0.15, 0.2) is 5.78 Å². The number of aromatic nitrogens is 2. The monoisotopic (exact) mass is 959 g/mol. The molecule has 0 amide bonds. The molecule has 4 aromatic carbocycles. The molecule has 2 aromatic heterocycles. The number of pyridine rings is 2. The fraction of sp³-hybridized carbons (Fsp3) is 0.283. The number of ether oxygens (including phenoxy) is 4. The van der Waals surface area contributed by atoms with E-state index in [-0.39, 0.29) is 54.6 Å². The summed E-state index contributed by atoms with van der Waals surface area (Å²) in [5, 5.41) is 41.6. The predicted octanol–water partition coefficient (Wildman–Crippen LogP) is 11.3. The van der Waals surface area contributed by atoms with Crippen LogP contribution in [0.4, 0.5) is 0 Å². The summed E-state index contributed by atoms with van der Waals surface area (Å²) in [4.78, 5) is 32.5. The van der Waals surface area contributed by atoms with Crippen LogP contribution in [0.15, 0.2) is 97.6 Å². The van der Waals surface area contributed by atoms with Gasteiger partial charge in [0.25, 0.3) is 0 Å². The summed E-state index contributed by atoms with van der Waals surface area (Å²) in [6.45, 7) is 15.3. The lowest BCUT2D eigenvalue weighted by atomic mass is 9.92. The van der Waals surface area contributed by atoms with Crippen LogP contribution in [-0.2, 0) is 37.8 Å². The molecule has 13 nitrogen and oxygen atoms in total. The highest BCUT2D eigenvalue weighted by atomic mass is 35.5. The van der Waals surface area contributed by atoms with E-state index in [2.05, 4.69) is 27.4 Å². The summed E-state index contributed by atoms with van der Waals surface area (Å²) in [6.07, 6.45) is 4.90. The molecule has 0 aliphatic rings. The minimum atomic E-state index is -1.24. The Hall–Kier alpha value is -7.00. The first-order chi connectivity index (χ1) is 32.8. The summed E-state index contributed by atoms with van der Waals surface area (Å²) in [5.41, 5.74) is 8.58. The van der Waals surface area contributed by atoms with Crippen molar-refractivity contribution < 1.29 is 38.7 Å². The second-order valence-electron chi connectivity index (χ2n) is 14.9. The van der Waals surface area contributed by atoms with E-state index in [1.807, 2.05) is 77.9 Å². The summed E-state index contributed by atoms with van der Waals surface area (Å²) < 4.78 is 24.8. The highest BCUT2D eigenvalue weighted by Gasteiger charge is 2.24. The smallest absolute Gasteiger partial charge is 0.323 e. The molecule has 2 heterocycles. The minimum Gasteiger partial charge on any atom is -0.488 e. The number of carboxylic acid groups (broad SMARTS) is 1. The first-order valence-electron chi connectivity index (χ1n) is 21.9. The number of ketones is 1. The summed E-state index contributed by atoms with van der Waals surface area (Å²) >= 11 is 13.4. The van der Waals surface area contributed by atoms with E-state index >= 15 is 0 Å². The lowest BCUT2D eigenvalue weighted by Crippen LogP contribution is -2.44. The second-order valence-corrected chi connectivity index (χ2v) is 15.7. The topological polar surface area (TPSA) is 197 Å². The van der Waals surface area contributed by atoms with Crippen LogP contribution in [0.3, 0.4) is 0 Å². The number of aliphatic hydroxyl groups is 1. The van der Waals surface area contributed by atoms with Gasteiger partial charge in [-0.25, -0.2) is 0 Å². The summed E-state index contributed by atoms with van der Waals surface area (Å²) in [7, 11) is 0. The molecule has 0 saturated carbocycles. The molecule has 0 aliphatic heterocycles. The van der Waals surface area contributed by atoms with Gasteiger partial charge in [0, 0.05) is 60.2 Å². The fourth-order valence-electron chi connectivity index (χ4n) is 6.83. The highest BCUT2D eigenvalue weighted by Crippen LogP contribution is 2.37. The summed E-state index contributed by atoms with van der Waals surface area (Å²) in [5.74, 6) is -0.159. The quantitative estimate of drug-likeness (QED) is 0.0649. The first-order valence-corrected chi connectivity index (χ1v) is 22.7. The van der Waals surface area contributed by atoms with Crippen LogP contribution in [0, 0.1) is 36.5 Å². The van der Waals surface area contributed by atoms with Crippen LogP contribution < -0.4 is 24.3 Å². The van der Waals surface area contributed by atoms with Gasteiger partial charge >= 0.3 is 5.97 Å². The molecule has 0 radical (unpaired) electrons. The van der Waals surface area contributed by atoms with Gasteiger partial charge in [0.05, 0.1) is 32.8 Å². The number of carboxylic acids is 1. The number of hydrogen-bond donors (Lipinski definition) is 3. The van der Waals surface area contributed by atoms with Crippen molar-refractivity contribution in [3.8, 4) is 46.3 Å². The number of Topliss-reactive ketones (excluding diaryl/α,β-unsaturated/α-hetero) is 1. The first kappa shape index (κ1) is 53.6. The zero-order valence-electron chi connectivity index (χ0n) is 39.3. The van der Waals surface area contributed by atoms with Gasteiger partial charge in [-0.1, -0.05) is 87.3 Å². The molecular weight excluding hydrogens is 906 g/mol. The maximum atomic E-state index is 12.5. The van der Waals surface area contributed by atoms with Gasteiger partial charge in [-0.2, -0.15) is 10.5 Å². The third kappa shape index (κ3) is 14.3.